The fourth-order valence-electron chi connectivity index (χ4n) is 2.22. The number of nitrogens with two attached hydrogens (primary N) is 1. The molecule has 0 aromatic heterocycles. The minimum atomic E-state index is 0.508. The van der Waals surface area contributed by atoms with E-state index in [4.69, 9.17) is 5.84 Å². The first-order valence-electron chi connectivity index (χ1n) is 6.85. The van der Waals surface area contributed by atoms with E-state index in [-0.39, 0.29) is 0 Å². The predicted octanol–water partition coefficient (Wildman–Crippen LogP) is 2.16. The van der Waals surface area contributed by atoms with Crippen LogP contribution in [-0.4, -0.2) is 18.5 Å². The van der Waals surface area contributed by atoms with Gasteiger partial charge >= 0.3 is 0 Å². The molecule has 4 N–H and O–H groups in total. The third-order valence-electron chi connectivity index (χ3n) is 3.60. The van der Waals surface area contributed by atoms with Crippen LogP contribution in [0.1, 0.15) is 59.3 Å². The number of hydrazine groups is 1. The van der Waals surface area contributed by atoms with Crippen molar-refractivity contribution in [2.45, 2.75) is 65.3 Å². The Bertz CT molecular complexity index is 238. The number of aliphatic imine (C=N–C) groups is 1. The molecule has 0 amide bonds. The van der Waals surface area contributed by atoms with E-state index < -0.39 is 0 Å². The zero-order valence-electron chi connectivity index (χ0n) is 11.6. The van der Waals surface area contributed by atoms with E-state index >= 15 is 0 Å². The second-order valence-electron chi connectivity index (χ2n) is 5.81. The summed E-state index contributed by atoms with van der Waals surface area (Å²) in [6, 6.07) is 0.527. The lowest BCUT2D eigenvalue weighted by Gasteiger charge is -2.35. The highest BCUT2D eigenvalue weighted by Crippen LogP contribution is 2.34. The number of nitrogens with one attached hydrogen (secondary N) is 2. The van der Waals surface area contributed by atoms with Crippen molar-refractivity contribution in [3.8, 4) is 0 Å². The molecular weight excluding hydrogens is 212 g/mol. The SMILES string of the molecule is CCCCN=C(NN)NC1CCC(C)(C)CC1. The van der Waals surface area contributed by atoms with Crippen molar-refractivity contribution in [1.82, 2.24) is 10.7 Å². The van der Waals surface area contributed by atoms with Crippen LogP contribution < -0.4 is 16.6 Å². The number of hydrogen-bond donors (Lipinski definition) is 3. The van der Waals surface area contributed by atoms with Gasteiger partial charge in [-0.1, -0.05) is 27.2 Å². The molecule has 1 rings (SSSR count). The number of guanidine groups is 1. The molecule has 0 spiro atoms. The lowest BCUT2D eigenvalue weighted by Crippen LogP contribution is -2.48. The molecule has 1 aliphatic carbocycles. The zero-order chi connectivity index (χ0) is 12.7. The van der Waals surface area contributed by atoms with Crippen molar-refractivity contribution < 1.29 is 0 Å². The van der Waals surface area contributed by atoms with E-state index in [2.05, 4.69) is 36.5 Å². The molecule has 0 aliphatic heterocycles. The highest BCUT2D eigenvalue weighted by Gasteiger charge is 2.26. The van der Waals surface area contributed by atoms with Crippen molar-refractivity contribution >= 4 is 5.96 Å². The molecule has 1 fully saturated rings. The molecule has 17 heavy (non-hydrogen) atoms. The zero-order valence-corrected chi connectivity index (χ0v) is 11.6. The van der Waals surface area contributed by atoms with Gasteiger partial charge in [0.05, 0.1) is 0 Å². The first-order chi connectivity index (χ1) is 8.07. The van der Waals surface area contributed by atoms with Gasteiger partial charge in [-0.25, -0.2) is 5.84 Å². The maximum atomic E-state index is 5.48. The normalized spacial score (nSPS) is 21.3. The second-order valence-corrected chi connectivity index (χ2v) is 5.81. The molecule has 100 valence electrons. The summed E-state index contributed by atoms with van der Waals surface area (Å²) >= 11 is 0. The molecule has 4 nitrogen and oxygen atoms in total. The van der Waals surface area contributed by atoms with Crippen molar-refractivity contribution in [3.63, 3.8) is 0 Å². The van der Waals surface area contributed by atoms with Crippen LogP contribution in [0.5, 0.6) is 0 Å². The van der Waals surface area contributed by atoms with Gasteiger partial charge in [-0.15, -0.1) is 0 Å². The average molecular weight is 240 g/mol. The van der Waals surface area contributed by atoms with Crippen LogP contribution in [0.2, 0.25) is 0 Å². The largest absolute Gasteiger partial charge is 0.353 e. The van der Waals surface area contributed by atoms with Crippen LogP contribution in [-0.2, 0) is 0 Å². The standard InChI is InChI=1S/C13H28N4/c1-4-5-10-15-12(17-14)16-11-6-8-13(2,3)9-7-11/h11H,4-10,14H2,1-3H3,(H2,15,16,17). The van der Waals surface area contributed by atoms with Crippen molar-refractivity contribution in [2.75, 3.05) is 6.54 Å². The molecule has 0 atom stereocenters. The monoisotopic (exact) mass is 240 g/mol. The van der Waals surface area contributed by atoms with Crippen LogP contribution in [0.25, 0.3) is 0 Å². The van der Waals surface area contributed by atoms with Gasteiger partial charge in [0.25, 0.3) is 0 Å². The Morgan fingerprint density at radius 3 is 2.53 bits per heavy atom. The van der Waals surface area contributed by atoms with Gasteiger partial charge in [-0.05, 0) is 37.5 Å². The molecule has 4 heteroatoms. The Hall–Kier alpha value is -0.770. The van der Waals surface area contributed by atoms with Gasteiger partial charge < -0.3 is 5.32 Å². The summed E-state index contributed by atoms with van der Waals surface area (Å²) in [5.41, 5.74) is 3.18. The second kappa shape index (κ2) is 6.84. The third-order valence-corrected chi connectivity index (χ3v) is 3.60. The smallest absolute Gasteiger partial charge is 0.205 e. The van der Waals surface area contributed by atoms with E-state index in [0.29, 0.717) is 11.5 Å². The van der Waals surface area contributed by atoms with Gasteiger partial charge in [0.1, 0.15) is 0 Å². The lowest BCUT2D eigenvalue weighted by atomic mass is 9.76. The molecule has 0 aromatic carbocycles. The average Bonchev–Trinajstić information content (AvgIpc) is 2.30. The molecule has 0 unspecified atom stereocenters. The van der Waals surface area contributed by atoms with E-state index in [0.717, 1.165) is 18.9 Å². The number of nitrogens with zero attached hydrogens (tertiary/aromatic N) is 1. The molecule has 0 saturated heterocycles. The molecule has 1 aliphatic rings. The molecule has 0 radical (unpaired) electrons. The first kappa shape index (κ1) is 14.3. The number of hydrogen-bond acceptors (Lipinski definition) is 2. The van der Waals surface area contributed by atoms with Gasteiger partial charge in [0.15, 0.2) is 0 Å². The van der Waals surface area contributed by atoms with Crippen LogP contribution in [0.3, 0.4) is 0 Å². The molecule has 0 bridgehead atoms. The molecular formula is C13H28N4. The first-order valence-corrected chi connectivity index (χ1v) is 6.85. The molecule has 1 saturated carbocycles. The summed E-state index contributed by atoms with van der Waals surface area (Å²) in [5, 5.41) is 3.42. The van der Waals surface area contributed by atoms with E-state index in [1.54, 1.807) is 0 Å². The summed E-state index contributed by atoms with van der Waals surface area (Å²) in [7, 11) is 0. The van der Waals surface area contributed by atoms with Gasteiger partial charge in [0, 0.05) is 12.6 Å². The Balaban J connectivity index is 2.34. The Kier molecular flexibility index (Phi) is 5.75. The van der Waals surface area contributed by atoms with Gasteiger partial charge in [-0.3, -0.25) is 10.4 Å². The minimum absolute atomic E-state index is 0.508. The third kappa shape index (κ3) is 5.39. The Morgan fingerprint density at radius 1 is 1.35 bits per heavy atom. The maximum Gasteiger partial charge on any atom is 0.205 e. The summed E-state index contributed by atoms with van der Waals surface area (Å²) in [5.74, 6) is 6.24. The van der Waals surface area contributed by atoms with Crippen molar-refractivity contribution in [1.29, 1.82) is 0 Å². The van der Waals surface area contributed by atoms with E-state index in [9.17, 15) is 0 Å². The van der Waals surface area contributed by atoms with Crippen LogP contribution >= 0.6 is 0 Å². The van der Waals surface area contributed by atoms with E-state index in [1.807, 2.05) is 0 Å². The summed E-state index contributed by atoms with van der Waals surface area (Å²) in [4.78, 5) is 4.43. The minimum Gasteiger partial charge on any atom is -0.353 e. The fraction of sp³-hybridized carbons (Fsp3) is 0.923. The number of rotatable bonds is 4. The summed E-state index contributed by atoms with van der Waals surface area (Å²) in [6.07, 6.45) is 7.25. The van der Waals surface area contributed by atoms with Crippen LogP contribution in [0, 0.1) is 5.41 Å². The summed E-state index contributed by atoms with van der Waals surface area (Å²) < 4.78 is 0. The van der Waals surface area contributed by atoms with Gasteiger partial charge in [0.2, 0.25) is 5.96 Å². The highest BCUT2D eigenvalue weighted by atomic mass is 15.3. The van der Waals surface area contributed by atoms with Crippen LogP contribution in [0.4, 0.5) is 0 Å². The quantitative estimate of drug-likeness (QED) is 0.232. The van der Waals surface area contributed by atoms with Crippen molar-refractivity contribution in [3.05, 3.63) is 0 Å². The van der Waals surface area contributed by atoms with Crippen molar-refractivity contribution in [2.24, 2.45) is 16.3 Å². The highest BCUT2D eigenvalue weighted by molar-refractivity contribution is 5.79. The Morgan fingerprint density at radius 2 is 2.00 bits per heavy atom. The molecule has 0 heterocycles. The van der Waals surface area contributed by atoms with Gasteiger partial charge in [-0.2, -0.15) is 0 Å². The van der Waals surface area contributed by atoms with Crippen LogP contribution in [0.15, 0.2) is 4.99 Å². The molecule has 0 aromatic rings. The fourth-order valence-corrected chi connectivity index (χ4v) is 2.22. The summed E-state index contributed by atoms with van der Waals surface area (Å²) in [6.45, 7) is 7.71. The lowest BCUT2D eigenvalue weighted by molar-refractivity contribution is 0.216. The topological polar surface area (TPSA) is 62.4 Å². The maximum absolute atomic E-state index is 5.48. The van der Waals surface area contributed by atoms with E-state index in [1.165, 1.54) is 32.1 Å². The Labute approximate surface area is 105 Å². The number of unbranched alkanes of at least 4 members (excludes halogenated alkanes) is 1. The predicted molar refractivity (Wildman–Crippen MR) is 73.7 cm³/mol.